The van der Waals surface area contributed by atoms with Crippen molar-refractivity contribution in [2.45, 2.75) is 6.54 Å². The maximum absolute atomic E-state index is 12.0. The number of furan rings is 1. The van der Waals surface area contributed by atoms with Crippen LogP contribution in [0.4, 0.5) is 16.2 Å². The maximum atomic E-state index is 12.0. The Hall–Kier alpha value is -3.54. The molecule has 25 heavy (non-hydrogen) atoms. The third kappa shape index (κ3) is 4.71. The summed E-state index contributed by atoms with van der Waals surface area (Å²) in [6.45, 7) is 0.432. The van der Waals surface area contributed by atoms with Crippen LogP contribution < -0.4 is 16.0 Å². The highest BCUT2D eigenvalue weighted by Crippen LogP contribution is 2.16. The fourth-order valence-electron chi connectivity index (χ4n) is 2.23. The van der Waals surface area contributed by atoms with Gasteiger partial charge in [0.2, 0.25) is 0 Å². The van der Waals surface area contributed by atoms with E-state index in [2.05, 4.69) is 16.0 Å². The van der Waals surface area contributed by atoms with E-state index in [0.717, 1.165) is 5.56 Å². The molecular formula is C19H17N3O3. The molecule has 0 bridgehead atoms. The highest BCUT2D eigenvalue weighted by molar-refractivity contribution is 6.02. The quantitative estimate of drug-likeness (QED) is 0.662. The molecule has 0 unspecified atom stereocenters. The molecule has 3 aromatic rings. The number of hydrogen-bond acceptors (Lipinski definition) is 3. The molecule has 0 spiro atoms. The van der Waals surface area contributed by atoms with E-state index in [4.69, 9.17) is 4.42 Å². The predicted octanol–water partition coefficient (Wildman–Crippen LogP) is 3.85. The first-order valence-corrected chi connectivity index (χ1v) is 7.74. The summed E-state index contributed by atoms with van der Waals surface area (Å²) in [5, 5.41) is 8.22. The van der Waals surface area contributed by atoms with Gasteiger partial charge in [-0.2, -0.15) is 0 Å². The van der Waals surface area contributed by atoms with Crippen molar-refractivity contribution in [3.05, 3.63) is 84.3 Å². The number of benzene rings is 2. The van der Waals surface area contributed by atoms with Crippen LogP contribution >= 0.6 is 0 Å². The minimum atomic E-state index is -0.351. The van der Waals surface area contributed by atoms with Crippen molar-refractivity contribution in [1.82, 2.24) is 5.32 Å². The molecular weight excluding hydrogens is 318 g/mol. The second kappa shape index (κ2) is 7.83. The Bertz CT molecular complexity index is 845. The van der Waals surface area contributed by atoms with Crippen molar-refractivity contribution in [1.29, 1.82) is 0 Å². The van der Waals surface area contributed by atoms with Crippen LogP contribution in [0.5, 0.6) is 0 Å². The molecule has 0 saturated carbocycles. The van der Waals surface area contributed by atoms with Crippen LogP contribution in [-0.2, 0) is 6.54 Å². The Balaban J connectivity index is 1.56. The number of hydrogen-bond donors (Lipinski definition) is 3. The number of urea groups is 1. The summed E-state index contributed by atoms with van der Waals surface area (Å²) in [5.41, 5.74) is 2.14. The lowest BCUT2D eigenvalue weighted by atomic mass is 10.2. The Morgan fingerprint density at radius 2 is 1.60 bits per heavy atom. The van der Waals surface area contributed by atoms with E-state index >= 15 is 0 Å². The Labute approximate surface area is 144 Å². The van der Waals surface area contributed by atoms with Crippen LogP contribution in [0.15, 0.2) is 77.4 Å². The largest absolute Gasteiger partial charge is 0.459 e. The average Bonchev–Trinajstić information content (AvgIpc) is 3.16. The van der Waals surface area contributed by atoms with Crippen LogP contribution in [0.2, 0.25) is 0 Å². The maximum Gasteiger partial charge on any atom is 0.319 e. The van der Waals surface area contributed by atoms with Crippen LogP contribution in [0.1, 0.15) is 16.1 Å². The van der Waals surface area contributed by atoms with Gasteiger partial charge in [0.05, 0.1) is 6.26 Å². The van der Waals surface area contributed by atoms with E-state index < -0.39 is 0 Å². The van der Waals surface area contributed by atoms with Gasteiger partial charge in [-0.15, -0.1) is 0 Å². The third-order valence-electron chi connectivity index (χ3n) is 3.42. The van der Waals surface area contributed by atoms with Crippen LogP contribution in [0, 0.1) is 0 Å². The molecule has 3 rings (SSSR count). The smallest absolute Gasteiger partial charge is 0.319 e. The second-order valence-corrected chi connectivity index (χ2v) is 5.31. The number of carbonyl (C=O) groups is 2. The molecule has 0 aliphatic heterocycles. The molecule has 0 aliphatic carbocycles. The number of amides is 3. The molecule has 0 radical (unpaired) electrons. The van der Waals surface area contributed by atoms with Crippen molar-refractivity contribution in [3.63, 3.8) is 0 Å². The summed E-state index contributed by atoms with van der Waals surface area (Å²) in [4.78, 5) is 23.9. The number of rotatable bonds is 5. The zero-order valence-electron chi connectivity index (χ0n) is 13.4. The molecule has 3 N–H and O–H groups in total. The monoisotopic (exact) mass is 335 g/mol. The molecule has 126 valence electrons. The summed E-state index contributed by atoms with van der Waals surface area (Å²) in [5.74, 6) is -0.130. The van der Waals surface area contributed by atoms with Gasteiger partial charge in [0, 0.05) is 17.9 Å². The molecule has 0 saturated heterocycles. The van der Waals surface area contributed by atoms with Gasteiger partial charge in [-0.1, -0.05) is 36.4 Å². The topological polar surface area (TPSA) is 83.4 Å². The third-order valence-corrected chi connectivity index (χ3v) is 3.42. The first-order chi connectivity index (χ1) is 12.2. The van der Waals surface area contributed by atoms with Gasteiger partial charge in [-0.05, 0) is 35.9 Å². The first-order valence-electron chi connectivity index (χ1n) is 7.74. The molecule has 1 aromatic heterocycles. The van der Waals surface area contributed by atoms with Gasteiger partial charge in [-0.25, -0.2) is 4.79 Å². The molecule has 0 atom stereocenters. The van der Waals surface area contributed by atoms with Crippen molar-refractivity contribution in [2.75, 3.05) is 10.6 Å². The average molecular weight is 335 g/mol. The van der Waals surface area contributed by atoms with Gasteiger partial charge in [0.25, 0.3) is 5.91 Å². The lowest BCUT2D eigenvalue weighted by molar-refractivity contribution is 0.0996. The zero-order chi connectivity index (χ0) is 17.5. The number of carbonyl (C=O) groups excluding carboxylic acids is 2. The summed E-state index contributed by atoms with van der Waals surface area (Å²) in [7, 11) is 0. The highest BCUT2D eigenvalue weighted by Gasteiger charge is 2.09. The summed E-state index contributed by atoms with van der Waals surface area (Å²) >= 11 is 0. The molecule has 1 heterocycles. The van der Waals surface area contributed by atoms with Crippen LogP contribution in [-0.4, -0.2) is 11.9 Å². The molecule has 0 fully saturated rings. The Kier molecular flexibility index (Phi) is 5.11. The predicted molar refractivity (Wildman–Crippen MR) is 95.4 cm³/mol. The fraction of sp³-hybridized carbons (Fsp3) is 0.0526. The normalized spacial score (nSPS) is 10.1. The molecule has 0 aliphatic rings. The summed E-state index contributed by atoms with van der Waals surface area (Å²) in [6, 6.07) is 19.4. The fourth-order valence-corrected chi connectivity index (χ4v) is 2.23. The Morgan fingerprint density at radius 1 is 0.840 bits per heavy atom. The van der Waals surface area contributed by atoms with Crippen LogP contribution in [0.3, 0.4) is 0 Å². The van der Waals surface area contributed by atoms with Crippen molar-refractivity contribution >= 4 is 23.3 Å². The standard InChI is InChI=1S/C19H17N3O3/c23-18(17-10-5-11-25-17)21-15-8-4-9-16(12-15)22-19(24)20-13-14-6-2-1-3-7-14/h1-12H,13H2,(H,21,23)(H2,20,22,24). The number of anilines is 2. The molecule has 3 amide bonds. The molecule has 2 aromatic carbocycles. The lowest BCUT2D eigenvalue weighted by Gasteiger charge is -2.09. The van der Waals surface area contributed by atoms with E-state index in [1.807, 2.05) is 30.3 Å². The molecule has 6 heteroatoms. The first kappa shape index (κ1) is 16.3. The second-order valence-electron chi connectivity index (χ2n) is 5.31. The summed E-state index contributed by atoms with van der Waals surface area (Å²) in [6.07, 6.45) is 1.43. The lowest BCUT2D eigenvalue weighted by Crippen LogP contribution is -2.28. The van der Waals surface area contributed by atoms with Crippen molar-refractivity contribution in [3.8, 4) is 0 Å². The van der Waals surface area contributed by atoms with E-state index in [9.17, 15) is 9.59 Å². The minimum absolute atomic E-state index is 0.221. The van der Waals surface area contributed by atoms with Gasteiger partial charge in [0.1, 0.15) is 0 Å². The molecule has 6 nitrogen and oxygen atoms in total. The van der Waals surface area contributed by atoms with Crippen LogP contribution in [0.25, 0.3) is 0 Å². The van der Waals surface area contributed by atoms with Crippen molar-refractivity contribution in [2.24, 2.45) is 0 Å². The van der Waals surface area contributed by atoms with Gasteiger partial charge < -0.3 is 20.4 Å². The Morgan fingerprint density at radius 3 is 2.32 bits per heavy atom. The van der Waals surface area contributed by atoms with Crippen molar-refractivity contribution < 1.29 is 14.0 Å². The number of nitrogens with one attached hydrogen (secondary N) is 3. The van der Waals surface area contributed by atoms with E-state index in [1.165, 1.54) is 6.26 Å². The SMILES string of the molecule is O=C(NCc1ccccc1)Nc1cccc(NC(=O)c2ccco2)c1. The van der Waals surface area contributed by atoms with E-state index in [0.29, 0.717) is 17.9 Å². The van der Waals surface area contributed by atoms with Gasteiger partial charge in [0.15, 0.2) is 5.76 Å². The van der Waals surface area contributed by atoms with E-state index in [1.54, 1.807) is 36.4 Å². The zero-order valence-corrected chi connectivity index (χ0v) is 13.4. The van der Waals surface area contributed by atoms with Gasteiger partial charge >= 0.3 is 6.03 Å². The highest BCUT2D eigenvalue weighted by atomic mass is 16.3. The minimum Gasteiger partial charge on any atom is -0.459 e. The summed E-state index contributed by atoms with van der Waals surface area (Å²) < 4.78 is 5.04. The van der Waals surface area contributed by atoms with Gasteiger partial charge in [-0.3, -0.25) is 4.79 Å². The van der Waals surface area contributed by atoms with E-state index in [-0.39, 0.29) is 17.7 Å².